The van der Waals surface area contributed by atoms with Gasteiger partial charge in [-0.25, -0.2) is 0 Å². The fourth-order valence-corrected chi connectivity index (χ4v) is 11.1. The highest BCUT2D eigenvalue weighted by molar-refractivity contribution is 5.92. The summed E-state index contributed by atoms with van der Waals surface area (Å²) >= 11 is 0. The number of hydrogen-bond acceptors (Lipinski definition) is 25. The number of nitrogens with one attached hydrogen (secondary N) is 9. The topological polar surface area (TPSA) is 520 Å². The van der Waals surface area contributed by atoms with E-state index in [-0.39, 0.29) is 109 Å². The van der Waals surface area contributed by atoms with Crippen LogP contribution in [-0.4, -0.2) is 281 Å². The Morgan fingerprint density at radius 3 is 1.01 bits per heavy atom. The summed E-state index contributed by atoms with van der Waals surface area (Å²) in [4.78, 5) is 115. The minimum Gasteiger partial charge on any atom is -0.396 e. The summed E-state index contributed by atoms with van der Waals surface area (Å²) in [6.45, 7) is 3.17. The Labute approximate surface area is 566 Å². The standard InChI is InChI=1S/C63H113N9O25/c1-38(77)68-50-56(87)53(84)43(35-74)95-61(50)92-32-18-10-24-47(81)65-28-15-8-21-41(59(90)67-30-14-6-7-23-46(80)64-27-13-4-5-17-31-73)72-60(91)42(71-49(83)26-12-20-34-94-63-52(70-40(3)79)58(89)55(86)45(37-76)97-63)22-9-16-29-66-48(82)25-11-19-33-93-62-51(69-39(2)78)57(88)54(85)44(36-75)96-62/h41-45,50-58,61-63,73-76,84-89H,4-37H2,1-3H3,(H,64,80)(H,65,81)(H,66,82)(H,67,90)(H,68,77)(H,69,78)(H,70,79)(H,71,83)(H,72,91)/t41-,42-,43+,44+,45+,50+,51+,52+,53-,54-,55-,56+,57+,58+,61+,62+,63+/m0/s1. The van der Waals surface area contributed by atoms with Crippen molar-refractivity contribution in [2.24, 2.45) is 0 Å². The summed E-state index contributed by atoms with van der Waals surface area (Å²) in [5, 5.41) is 125. The largest absolute Gasteiger partial charge is 0.396 e. The molecule has 0 aromatic rings. The number of aliphatic hydroxyl groups is 10. The Bertz CT molecular complexity index is 2320. The molecule has 19 N–H and O–H groups in total. The van der Waals surface area contributed by atoms with E-state index in [4.69, 9.17) is 33.5 Å². The molecule has 0 saturated carbocycles. The van der Waals surface area contributed by atoms with E-state index in [0.717, 1.165) is 19.3 Å². The third-order valence-electron chi connectivity index (χ3n) is 16.5. The van der Waals surface area contributed by atoms with Crippen LogP contribution in [0.3, 0.4) is 0 Å². The molecule has 0 radical (unpaired) electrons. The quantitative estimate of drug-likeness (QED) is 0.0254. The molecule has 3 aliphatic rings. The molecule has 3 saturated heterocycles. The first kappa shape index (κ1) is 85.8. The van der Waals surface area contributed by atoms with Gasteiger partial charge in [0.25, 0.3) is 0 Å². The van der Waals surface area contributed by atoms with Crippen LogP contribution in [0, 0.1) is 0 Å². The molecule has 0 unspecified atom stereocenters. The highest BCUT2D eigenvalue weighted by atomic mass is 16.7. The molecular weight excluding hydrogens is 1280 g/mol. The van der Waals surface area contributed by atoms with Crippen molar-refractivity contribution in [2.45, 2.75) is 272 Å². The monoisotopic (exact) mass is 1400 g/mol. The first-order valence-electron chi connectivity index (χ1n) is 34.3. The third-order valence-corrected chi connectivity index (χ3v) is 16.5. The zero-order valence-electron chi connectivity index (χ0n) is 56.5. The van der Waals surface area contributed by atoms with Crippen LogP contribution in [0.15, 0.2) is 0 Å². The predicted octanol–water partition coefficient (Wildman–Crippen LogP) is -4.73. The molecule has 0 bridgehead atoms. The Morgan fingerprint density at radius 1 is 0.351 bits per heavy atom. The molecule has 9 amide bonds. The Balaban J connectivity index is 1.64. The van der Waals surface area contributed by atoms with Crippen molar-refractivity contribution in [1.82, 2.24) is 47.9 Å². The molecule has 0 aromatic heterocycles. The fraction of sp³-hybridized carbons (Fsp3) is 0.857. The summed E-state index contributed by atoms with van der Waals surface area (Å²) in [5.41, 5.74) is 0. The van der Waals surface area contributed by atoms with Crippen molar-refractivity contribution < 1.29 is 123 Å². The van der Waals surface area contributed by atoms with Crippen LogP contribution in [0.25, 0.3) is 0 Å². The lowest BCUT2D eigenvalue weighted by molar-refractivity contribution is -0.270. The van der Waals surface area contributed by atoms with Crippen LogP contribution >= 0.6 is 0 Å². The van der Waals surface area contributed by atoms with Gasteiger partial charge in [0.15, 0.2) is 18.9 Å². The van der Waals surface area contributed by atoms with Crippen molar-refractivity contribution in [3.63, 3.8) is 0 Å². The van der Waals surface area contributed by atoms with Crippen LogP contribution < -0.4 is 47.9 Å². The maximum atomic E-state index is 14.3. The molecule has 34 nitrogen and oxygen atoms in total. The normalized spacial score (nSPS) is 26.1. The smallest absolute Gasteiger partial charge is 0.243 e. The zero-order valence-corrected chi connectivity index (χ0v) is 56.5. The predicted molar refractivity (Wildman–Crippen MR) is 343 cm³/mol. The van der Waals surface area contributed by atoms with Gasteiger partial charge in [0, 0.05) is 99.1 Å². The number of amides is 9. The summed E-state index contributed by atoms with van der Waals surface area (Å²) in [7, 11) is 0. The second kappa shape index (κ2) is 49.2. The van der Waals surface area contributed by atoms with Gasteiger partial charge in [-0.3, -0.25) is 43.2 Å². The van der Waals surface area contributed by atoms with Crippen LogP contribution in [0.2, 0.25) is 0 Å². The molecule has 3 aliphatic heterocycles. The Hall–Kier alpha value is -5.41. The van der Waals surface area contributed by atoms with E-state index in [0.29, 0.717) is 90.0 Å². The van der Waals surface area contributed by atoms with E-state index in [1.807, 2.05) is 0 Å². The summed E-state index contributed by atoms with van der Waals surface area (Å²) in [6.07, 6.45) is -7.05. The van der Waals surface area contributed by atoms with Gasteiger partial charge in [-0.1, -0.05) is 19.3 Å². The lowest BCUT2D eigenvalue weighted by atomic mass is 9.97. The summed E-state index contributed by atoms with van der Waals surface area (Å²) in [6, 6.07) is -5.66. The van der Waals surface area contributed by atoms with E-state index in [9.17, 15) is 89.1 Å². The molecule has 560 valence electrons. The van der Waals surface area contributed by atoms with Gasteiger partial charge in [-0.2, -0.15) is 0 Å². The Morgan fingerprint density at radius 2 is 0.660 bits per heavy atom. The molecule has 3 rings (SSSR count). The highest BCUT2D eigenvalue weighted by Gasteiger charge is 2.48. The number of ether oxygens (including phenoxy) is 6. The molecule has 34 heteroatoms. The fourth-order valence-electron chi connectivity index (χ4n) is 11.1. The molecule has 0 aliphatic carbocycles. The first-order chi connectivity index (χ1) is 46.5. The summed E-state index contributed by atoms with van der Waals surface area (Å²) < 4.78 is 34.0. The molecule has 97 heavy (non-hydrogen) atoms. The van der Waals surface area contributed by atoms with Gasteiger partial charge in [-0.05, 0) is 103 Å². The number of carbonyl (C=O) groups is 9. The highest BCUT2D eigenvalue weighted by Crippen LogP contribution is 2.26. The average Bonchev–Trinajstić information content (AvgIpc) is 0.859. The van der Waals surface area contributed by atoms with Gasteiger partial charge >= 0.3 is 0 Å². The van der Waals surface area contributed by atoms with Crippen molar-refractivity contribution in [2.75, 3.05) is 72.4 Å². The van der Waals surface area contributed by atoms with Crippen molar-refractivity contribution in [3.8, 4) is 0 Å². The van der Waals surface area contributed by atoms with Crippen LogP contribution in [0.4, 0.5) is 0 Å². The van der Waals surface area contributed by atoms with Gasteiger partial charge in [0.1, 0.15) is 85.1 Å². The summed E-state index contributed by atoms with van der Waals surface area (Å²) in [5.74, 6) is -3.88. The van der Waals surface area contributed by atoms with Gasteiger partial charge in [-0.15, -0.1) is 0 Å². The van der Waals surface area contributed by atoms with E-state index in [1.165, 1.54) is 20.8 Å². The van der Waals surface area contributed by atoms with Crippen LogP contribution in [0.1, 0.15) is 168 Å². The maximum absolute atomic E-state index is 14.3. The van der Waals surface area contributed by atoms with E-state index >= 15 is 0 Å². The van der Waals surface area contributed by atoms with Crippen molar-refractivity contribution in [3.05, 3.63) is 0 Å². The number of carbonyl (C=O) groups excluding carboxylic acids is 9. The zero-order chi connectivity index (χ0) is 71.7. The molecule has 0 aromatic carbocycles. The third kappa shape index (κ3) is 33.5. The van der Waals surface area contributed by atoms with E-state index in [1.54, 1.807) is 0 Å². The van der Waals surface area contributed by atoms with Gasteiger partial charge < -0.3 is 127 Å². The molecule has 3 heterocycles. The first-order valence-corrected chi connectivity index (χ1v) is 34.3. The number of aliphatic hydroxyl groups excluding tert-OH is 10. The number of hydrogen-bond donors (Lipinski definition) is 19. The van der Waals surface area contributed by atoms with Gasteiger partial charge in [0.05, 0.1) is 19.8 Å². The van der Waals surface area contributed by atoms with E-state index < -0.39 is 159 Å². The lowest BCUT2D eigenvalue weighted by Crippen LogP contribution is -2.64. The van der Waals surface area contributed by atoms with E-state index in [2.05, 4.69) is 47.9 Å². The van der Waals surface area contributed by atoms with Crippen molar-refractivity contribution >= 4 is 53.2 Å². The van der Waals surface area contributed by atoms with Gasteiger partial charge in [0.2, 0.25) is 53.2 Å². The molecular formula is C63H113N9O25. The molecule has 17 atom stereocenters. The second-order valence-corrected chi connectivity index (χ2v) is 24.7. The van der Waals surface area contributed by atoms with Crippen LogP contribution in [-0.2, 0) is 71.6 Å². The lowest BCUT2D eigenvalue weighted by Gasteiger charge is -2.42. The average molecular weight is 1400 g/mol. The number of unbranched alkanes of at least 4 members (excludes halogenated alkanes) is 10. The molecule has 0 spiro atoms. The SMILES string of the molecule is CC(=O)N[C@H]1[C@H](OCCCCC(=O)NCCCC[C@H](NC(=O)CCCCO[C@@H]2O[C@H](CO)[C@H](O)[C@H](O)[C@H]2NC(C)=O)C(=O)N[C@@H](CCCCNC(=O)CCCCO[C@@H]2O[C@H](CO)[C@H](O)[C@H](O)[C@H]2NC(C)=O)C(=O)NCCCCCC(=O)NCCCCCCO)O[C@H](CO)[C@H](O)[C@@H]1O. The second-order valence-electron chi connectivity index (χ2n) is 24.7. The molecule has 3 fully saturated rings. The maximum Gasteiger partial charge on any atom is 0.243 e. The minimum atomic E-state index is -1.53. The van der Waals surface area contributed by atoms with Crippen molar-refractivity contribution in [1.29, 1.82) is 0 Å². The number of rotatable bonds is 50. The minimum absolute atomic E-state index is 0.0383. The Kier molecular flexibility index (Phi) is 43.5. The van der Waals surface area contributed by atoms with Crippen LogP contribution in [0.5, 0.6) is 0 Å².